The molecule has 3 aromatic carbocycles. The van der Waals surface area contributed by atoms with Gasteiger partial charge in [0.05, 0.1) is 23.6 Å². The molecule has 0 unspecified atom stereocenters. The van der Waals surface area contributed by atoms with Crippen LogP contribution in [-0.4, -0.2) is 51.1 Å². The maximum Gasteiger partial charge on any atom is 0.251 e. The molecule has 5 rings (SSSR count). The van der Waals surface area contributed by atoms with Crippen LogP contribution < -0.4 is 14.9 Å². The molecule has 1 saturated carbocycles. The molecule has 2 atom stereocenters. The Kier molecular flexibility index (Phi) is 13.0. The van der Waals surface area contributed by atoms with Crippen molar-refractivity contribution < 1.29 is 19.0 Å². The number of nitrogens with one attached hydrogen (secondary N) is 2. The van der Waals surface area contributed by atoms with E-state index in [4.69, 9.17) is 0 Å². The third kappa shape index (κ3) is 9.45. The van der Waals surface area contributed by atoms with Gasteiger partial charge in [0, 0.05) is 34.1 Å². The lowest BCUT2D eigenvalue weighted by molar-refractivity contribution is 0.0830. The number of aliphatic hydroxyl groups is 1. The number of benzene rings is 3. The van der Waals surface area contributed by atoms with E-state index in [0.29, 0.717) is 49.0 Å². The SMILES string of the molecule is Cl.O=C(N[C@@H](Cc1ccccc1)[C@@H](O)CNCc1cc(Br)cc(Br)c1)c1cc(C2CCCC2)cc(N2CCCCS2(O)O)c1. The van der Waals surface area contributed by atoms with E-state index in [1.54, 1.807) is 10.4 Å². The van der Waals surface area contributed by atoms with Gasteiger partial charge in [0.2, 0.25) is 0 Å². The quantitative estimate of drug-likeness (QED) is 0.135. The van der Waals surface area contributed by atoms with Crippen LogP contribution in [0.15, 0.2) is 75.7 Å². The zero-order chi connectivity index (χ0) is 30.4. The number of hydrogen-bond donors (Lipinski definition) is 5. The molecule has 2 aliphatic rings. The largest absolute Gasteiger partial charge is 0.390 e. The Hall–Kier alpha value is -1.63. The van der Waals surface area contributed by atoms with E-state index in [1.807, 2.05) is 60.7 Å². The summed E-state index contributed by atoms with van der Waals surface area (Å²) in [6.45, 7) is 1.41. The second kappa shape index (κ2) is 16.3. The van der Waals surface area contributed by atoms with E-state index in [9.17, 15) is 19.0 Å². The number of rotatable bonds is 11. The minimum atomic E-state index is -2.93. The Bertz CT molecular complexity index is 1370. The van der Waals surface area contributed by atoms with Gasteiger partial charge in [-0.1, -0.05) is 75.0 Å². The van der Waals surface area contributed by atoms with Crippen molar-refractivity contribution in [3.05, 3.63) is 97.9 Å². The van der Waals surface area contributed by atoms with Gasteiger partial charge in [0.1, 0.15) is 0 Å². The number of hydrogen-bond acceptors (Lipinski definition) is 6. The van der Waals surface area contributed by atoms with Gasteiger partial charge in [0.15, 0.2) is 0 Å². The maximum atomic E-state index is 13.9. The van der Waals surface area contributed by atoms with Crippen molar-refractivity contribution in [3.8, 4) is 0 Å². The maximum absolute atomic E-state index is 13.9. The smallest absolute Gasteiger partial charge is 0.251 e. The lowest BCUT2D eigenvalue weighted by Crippen LogP contribution is -2.48. The third-order valence-corrected chi connectivity index (χ3v) is 11.2. The Morgan fingerprint density at radius 3 is 2.32 bits per heavy atom. The number of carbonyl (C=O) groups excluding carboxylic acids is 1. The lowest BCUT2D eigenvalue weighted by atomic mass is 9.94. The normalized spacial score (nSPS) is 18.7. The molecule has 2 fully saturated rings. The average molecular weight is 772 g/mol. The van der Waals surface area contributed by atoms with Gasteiger partial charge >= 0.3 is 0 Å². The second-order valence-electron chi connectivity index (χ2n) is 11.7. The molecular formula is C33H42Br2ClN3O4S. The molecule has 1 aliphatic heterocycles. The van der Waals surface area contributed by atoms with Crippen LogP contribution in [0.3, 0.4) is 0 Å². The van der Waals surface area contributed by atoms with Crippen LogP contribution in [0.25, 0.3) is 0 Å². The monoisotopic (exact) mass is 769 g/mol. The van der Waals surface area contributed by atoms with E-state index >= 15 is 0 Å². The fourth-order valence-electron chi connectivity index (χ4n) is 6.13. The summed E-state index contributed by atoms with van der Waals surface area (Å²) in [5.41, 5.74) is 4.33. The van der Waals surface area contributed by atoms with E-state index in [1.165, 1.54) is 0 Å². The number of nitrogens with zero attached hydrogens (tertiary/aromatic N) is 1. The van der Waals surface area contributed by atoms with Gasteiger partial charge in [-0.15, -0.1) is 23.2 Å². The number of anilines is 1. The topological polar surface area (TPSA) is 105 Å². The van der Waals surface area contributed by atoms with Crippen molar-refractivity contribution in [1.82, 2.24) is 10.6 Å². The molecule has 1 aliphatic carbocycles. The molecule has 0 radical (unpaired) electrons. The van der Waals surface area contributed by atoms with E-state index in [2.05, 4.69) is 42.5 Å². The predicted octanol–water partition coefficient (Wildman–Crippen LogP) is 8.05. The molecule has 240 valence electrons. The molecule has 0 spiro atoms. The highest BCUT2D eigenvalue weighted by Gasteiger charge is 2.30. The first-order chi connectivity index (χ1) is 20.7. The minimum absolute atomic E-state index is 0. The minimum Gasteiger partial charge on any atom is -0.390 e. The predicted molar refractivity (Wildman–Crippen MR) is 190 cm³/mol. The van der Waals surface area contributed by atoms with E-state index < -0.39 is 22.9 Å². The van der Waals surface area contributed by atoms with Gasteiger partial charge in [-0.2, -0.15) is 0 Å². The Morgan fingerprint density at radius 2 is 1.64 bits per heavy atom. The molecular weight excluding hydrogens is 730 g/mol. The standard InChI is InChI=1S/C33H41Br2N3O4S.ClH/c34-28-14-24(15-29(35)20-28)21-36-22-32(39)31(16-23-8-2-1-3-9-23)37-33(40)27-17-26(25-10-4-5-11-25)18-30(19-27)38-12-6-7-13-43(38,41)42;/h1-3,8-9,14-15,17-20,25,31-32,36,39,41-42H,4-7,10-13,16,21-22H2,(H,37,40);1H/t31-,32-;/m0./s1. The summed E-state index contributed by atoms with van der Waals surface area (Å²) in [7, 11) is -2.93. The van der Waals surface area contributed by atoms with Gasteiger partial charge in [0.25, 0.3) is 5.91 Å². The first kappa shape index (κ1) is 35.2. The Labute approximate surface area is 285 Å². The van der Waals surface area contributed by atoms with Crippen LogP contribution in [0, 0.1) is 0 Å². The molecule has 0 aromatic heterocycles. The van der Waals surface area contributed by atoms with Crippen LogP contribution in [0.5, 0.6) is 0 Å². The molecule has 1 saturated heterocycles. The molecule has 1 amide bonds. The summed E-state index contributed by atoms with van der Waals surface area (Å²) in [4.78, 5) is 13.9. The highest BCUT2D eigenvalue weighted by Crippen LogP contribution is 2.50. The summed E-state index contributed by atoms with van der Waals surface area (Å²) < 4.78 is 25.4. The zero-order valence-electron chi connectivity index (χ0n) is 24.6. The summed E-state index contributed by atoms with van der Waals surface area (Å²) in [6.07, 6.45) is 5.73. The fraction of sp³-hybridized carbons (Fsp3) is 0.424. The Morgan fingerprint density at radius 1 is 0.932 bits per heavy atom. The molecule has 11 heteroatoms. The fourth-order valence-corrected chi connectivity index (χ4v) is 9.20. The summed E-state index contributed by atoms with van der Waals surface area (Å²) in [6, 6.07) is 21.1. The highest BCUT2D eigenvalue weighted by atomic mass is 79.9. The van der Waals surface area contributed by atoms with Crippen LogP contribution in [0.4, 0.5) is 5.69 Å². The molecule has 0 bridgehead atoms. The first-order valence-corrected chi connectivity index (χ1v) is 18.3. The van der Waals surface area contributed by atoms with E-state index in [-0.39, 0.29) is 18.3 Å². The average Bonchev–Trinajstić information content (AvgIpc) is 3.52. The molecule has 5 N–H and O–H groups in total. The van der Waals surface area contributed by atoms with Crippen molar-refractivity contribution in [1.29, 1.82) is 0 Å². The summed E-state index contributed by atoms with van der Waals surface area (Å²) in [5.74, 6) is 0.425. The molecule has 3 aromatic rings. The highest BCUT2D eigenvalue weighted by molar-refractivity contribution is 9.11. The number of amides is 1. The first-order valence-electron chi connectivity index (χ1n) is 15.0. The van der Waals surface area contributed by atoms with Crippen LogP contribution in [0.1, 0.15) is 71.5 Å². The van der Waals surface area contributed by atoms with Crippen molar-refractivity contribution in [2.45, 2.75) is 69.6 Å². The summed E-state index contributed by atoms with van der Waals surface area (Å²) in [5, 5.41) is 17.8. The number of carbonyl (C=O) groups is 1. The van der Waals surface area contributed by atoms with Gasteiger partial charge in [-0.3, -0.25) is 18.2 Å². The van der Waals surface area contributed by atoms with Crippen molar-refractivity contribution in [3.63, 3.8) is 0 Å². The Balaban J connectivity index is 0.00000442. The van der Waals surface area contributed by atoms with Gasteiger partial charge in [-0.25, -0.2) is 0 Å². The van der Waals surface area contributed by atoms with Gasteiger partial charge in [-0.05, 0) is 91.1 Å². The second-order valence-corrected chi connectivity index (χ2v) is 15.6. The molecule has 7 nitrogen and oxygen atoms in total. The van der Waals surface area contributed by atoms with Crippen molar-refractivity contribution >= 4 is 66.6 Å². The van der Waals surface area contributed by atoms with Crippen LogP contribution in [0.2, 0.25) is 0 Å². The van der Waals surface area contributed by atoms with Gasteiger partial charge < -0.3 is 15.7 Å². The summed E-state index contributed by atoms with van der Waals surface area (Å²) >= 11 is 7.04. The molecule has 44 heavy (non-hydrogen) atoms. The molecule has 1 heterocycles. The van der Waals surface area contributed by atoms with Crippen molar-refractivity contribution in [2.24, 2.45) is 0 Å². The number of halogens is 3. The van der Waals surface area contributed by atoms with Crippen molar-refractivity contribution in [2.75, 3.05) is 23.1 Å². The van der Waals surface area contributed by atoms with E-state index in [0.717, 1.165) is 64.2 Å². The number of aliphatic hydroxyl groups excluding tert-OH is 1. The van der Waals surface area contributed by atoms with Crippen LogP contribution in [-0.2, 0) is 13.0 Å². The lowest BCUT2D eigenvalue weighted by Gasteiger charge is -2.47. The zero-order valence-corrected chi connectivity index (χ0v) is 29.4. The third-order valence-electron chi connectivity index (χ3n) is 8.38. The van der Waals surface area contributed by atoms with Crippen LogP contribution >= 0.6 is 55.0 Å².